The molecule has 30 heavy (non-hydrogen) atoms. The molecule has 3 heterocycles. The molecule has 2 amide bonds. The van der Waals surface area contributed by atoms with Crippen LogP contribution in [-0.4, -0.2) is 49.0 Å². The summed E-state index contributed by atoms with van der Waals surface area (Å²) in [7, 11) is 0. The molecule has 0 radical (unpaired) electrons. The van der Waals surface area contributed by atoms with E-state index in [1.807, 2.05) is 39.9 Å². The predicted octanol–water partition coefficient (Wildman–Crippen LogP) is 3.34. The van der Waals surface area contributed by atoms with Crippen molar-refractivity contribution in [1.29, 1.82) is 0 Å². The van der Waals surface area contributed by atoms with Gasteiger partial charge in [0.1, 0.15) is 5.65 Å². The van der Waals surface area contributed by atoms with Gasteiger partial charge in [0.05, 0.1) is 24.1 Å². The molecule has 0 unspecified atom stereocenters. The van der Waals surface area contributed by atoms with Crippen molar-refractivity contribution in [3.63, 3.8) is 0 Å². The van der Waals surface area contributed by atoms with E-state index in [1.54, 1.807) is 17.1 Å². The Bertz CT molecular complexity index is 938. The van der Waals surface area contributed by atoms with Gasteiger partial charge < -0.3 is 14.6 Å². The van der Waals surface area contributed by atoms with Crippen LogP contribution in [0.5, 0.6) is 0 Å². The summed E-state index contributed by atoms with van der Waals surface area (Å²) in [6.45, 7) is 6.22. The molecule has 8 heteroatoms. The zero-order valence-corrected chi connectivity index (χ0v) is 17.8. The highest BCUT2D eigenvalue weighted by molar-refractivity contribution is 5.90. The largest absolute Gasteiger partial charge is 0.343 e. The van der Waals surface area contributed by atoms with E-state index in [0.29, 0.717) is 31.5 Å². The van der Waals surface area contributed by atoms with Crippen LogP contribution in [0.3, 0.4) is 0 Å². The standard InChI is InChI=1S/C22H30N6O2/c1-3-11-26(12-4-2)22(30)10-7-9-21(29)25-18-14-23-28(16-18)17-19-15-27-13-6-5-8-20(27)24-19/h5-6,8,13-16H,3-4,7,9-12,17H2,1-2H3,(H,25,29). The van der Waals surface area contributed by atoms with Crippen LogP contribution < -0.4 is 5.32 Å². The molecule has 8 nitrogen and oxygen atoms in total. The summed E-state index contributed by atoms with van der Waals surface area (Å²) < 4.78 is 3.71. The van der Waals surface area contributed by atoms with Gasteiger partial charge in [-0.2, -0.15) is 5.10 Å². The first-order valence-electron chi connectivity index (χ1n) is 10.6. The maximum atomic E-state index is 12.3. The Morgan fingerprint density at radius 2 is 1.90 bits per heavy atom. The Morgan fingerprint density at radius 3 is 2.63 bits per heavy atom. The number of fused-ring (bicyclic) bond motifs is 1. The quantitative estimate of drug-likeness (QED) is 0.525. The van der Waals surface area contributed by atoms with Crippen molar-refractivity contribution in [3.8, 4) is 0 Å². The predicted molar refractivity (Wildman–Crippen MR) is 116 cm³/mol. The highest BCUT2D eigenvalue weighted by Gasteiger charge is 2.13. The van der Waals surface area contributed by atoms with Crippen LogP contribution in [0, 0.1) is 0 Å². The van der Waals surface area contributed by atoms with Gasteiger partial charge in [0.2, 0.25) is 11.8 Å². The van der Waals surface area contributed by atoms with E-state index in [4.69, 9.17) is 0 Å². The fourth-order valence-electron chi connectivity index (χ4n) is 3.43. The molecule has 3 aromatic rings. The van der Waals surface area contributed by atoms with Crippen molar-refractivity contribution >= 4 is 23.1 Å². The van der Waals surface area contributed by atoms with Gasteiger partial charge in [-0.15, -0.1) is 0 Å². The van der Waals surface area contributed by atoms with Crippen LogP contribution in [0.1, 0.15) is 51.6 Å². The number of aromatic nitrogens is 4. The summed E-state index contributed by atoms with van der Waals surface area (Å²) in [5, 5.41) is 7.15. The van der Waals surface area contributed by atoms with E-state index in [-0.39, 0.29) is 11.8 Å². The molecule has 0 bridgehead atoms. The van der Waals surface area contributed by atoms with Gasteiger partial charge in [-0.25, -0.2) is 4.98 Å². The number of carbonyl (C=O) groups is 2. The third-order valence-corrected chi connectivity index (χ3v) is 4.79. The lowest BCUT2D eigenvalue weighted by molar-refractivity contribution is -0.131. The molecule has 0 fully saturated rings. The number of pyridine rings is 1. The summed E-state index contributed by atoms with van der Waals surface area (Å²) in [6.07, 6.45) is 10.5. The van der Waals surface area contributed by atoms with Gasteiger partial charge >= 0.3 is 0 Å². The first kappa shape index (κ1) is 21.5. The summed E-state index contributed by atoms with van der Waals surface area (Å²) in [5.74, 6) is 0.0272. The first-order valence-corrected chi connectivity index (χ1v) is 10.6. The second-order valence-electron chi connectivity index (χ2n) is 7.41. The average molecular weight is 411 g/mol. The van der Waals surface area contributed by atoms with Gasteiger partial charge in [-0.3, -0.25) is 14.3 Å². The van der Waals surface area contributed by atoms with Crippen LogP contribution in [0.2, 0.25) is 0 Å². The third-order valence-electron chi connectivity index (χ3n) is 4.79. The van der Waals surface area contributed by atoms with Gasteiger partial charge in [0.25, 0.3) is 0 Å². The van der Waals surface area contributed by atoms with E-state index in [0.717, 1.165) is 37.3 Å². The van der Waals surface area contributed by atoms with Crippen LogP contribution in [0.25, 0.3) is 5.65 Å². The van der Waals surface area contributed by atoms with E-state index in [9.17, 15) is 9.59 Å². The van der Waals surface area contributed by atoms with Crippen molar-refractivity contribution in [2.75, 3.05) is 18.4 Å². The Morgan fingerprint density at radius 1 is 1.10 bits per heavy atom. The molecular weight excluding hydrogens is 380 g/mol. The zero-order chi connectivity index (χ0) is 21.3. The molecular formula is C22H30N6O2. The van der Waals surface area contributed by atoms with Crippen LogP contribution in [0.15, 0.2) is 43.0 Å². The lowest BCUT2D eigenvalue weighted by Gasteiger charge is -2.21. The Balaban J connectivity index is 1.44. The minimum Gasteiger partial charge on any atom is -0.343 e. The molecule has 3 rings (SSSR count). The number of nitrogens with one attached hydrogen (secondary N) is 1. The summed E-state index contributed by atoms with van der Waals surface area (Å²) >= 11 is 0. The fraction of sp³-hybridized carbons (Fsp3) is 0.455. The Labute approximate surface area is 176 Å². The number of anilines is 1. The lowest BCUT2D eigenvalue weighted by atomic mass is 10.2. The first-order chi connectivity index (χ1) is 14.6. The average Bonchev–Trinajstić information content (AvgIpc) is 3.33. The zero-order valence-electron chi connectivity index (χ0n) is 17.8. The van der Waals surface area contributed by atoms with Crippen molar-refractivity contribution in [2.24, 2.45) is 0 Å². The van der Waals surface area contributed by atoms with Crippen molar-refractivity contribution in [3.05, 3.63) is 48.7 Å². The monoisotopic (exact) mass is 410 g/mol. The molecule has 0 atom stereocenters. The molecule has 0 aliphatic heterocycles. The number of hydrogen-bond donors (Lipinski definition) is 1. The van der Waals surface area contributed by atoms with Gasteiger partial charge in [-0.05, 0) is 31.4 Å². The SMILES string of the molecule is CCCN(CCC)C(=O)CCCC(=O)Nc1cnn(Cc2cn3ccccc3n2)c1. The summed E-state index contributed by atoms with van der Waals surface area (Å²) in [6, 6.07) is 5.86. The van der Waals surface area contributed by atoms with Crippen LogP contribution >= 0.6 is 0 Å². The molecule has 160 valence electrons. The van der Waals surface area contributed by atoms with E-state index >= 15 is 0 Å². The molecule has 0 aromatic carbocycles. The van der Waals surface area contributed by atoms with E-state index in [1.165, 1.54) is 0 Å². The number of nitrogens with zero attached hydrogens (tertiary/aromatic N) is 5. The van der Waals surface area contributed by atoms with Crippen LogP contribution in [0.4, 0.5) is 5.69 Å². The minimum absolute atomic E-state index is 0.104. The Kier molecular flexibility index (Phi) is 7.59. The third kappa shape index (κ3) is 5.92. The maximum absolute atomic E-state index is 12.3. The number of imidazole rings is 1. The van der Waals surface area contributed by atoms with E-state index < -0.39 is 0 Å². The lowest BCUT2D eigenvalue weighted by Crippen LogP contribution is -2.32. The van der Waals surface area contributed by atoms with Crippen molar-refractivity contribution < 1.29 is 9.59 Å². The summed E-state index contributed by atoms with van der Waals surface area (Å²) in [5.41, 5.74) is 2.43. The number of carbonyl (C=O) groups excluding carboxylic acids is 2. The second kappa shape index (κ2) is 10.6. The van der Waals surface area contributed by atoms with E-state index in [2.05, 4.69) is 29.2 Å². The highest BCUT2D eigenvalue weighted by Crippen LogP contribution is 2.11. The molecule has 0 aliphatic rings. The topological polar surface area (TPSA) is 84.5 Å². The number of hydrogen-bond acceptors (Lipinski definition) is 4. The van der Waals surface area contributed by atoms with Crippen LogP contribution in [-0.2, 0) is 16.1 Å². The normalized spacial score (nSPS) is 11.0. The number of amides is 2. The van der Waals surface area contributed by atoms with Gasteiger partial charge in [0.15, 0.2) is 0 Å². The number of rotatable bonds is 11. The van der Waals surface area contributed by atoms with Crippen molar-refractivity contribution in [1.82, 2.24) is 24.1 Å². The fourth-order valence-corrected chi connectivity index (χ4v) is 3.43. The van der Waals surface area contributed by atoms with Gasteiger partial charge in [0, 0.05) is 44.5 Å². The van der Waals surface area contributed by atoms with Gasteiger partial charge in [-0.1, -0.05) is 19.9 Å². The molecule has 0 aliphatic carbocycles. The molecule has 1 N–H and O–H groups in total. The molecule has 0 saturated heterocycles. The second-order valence-corrected chi connectivity index (χ2v) is 7.41. The maximum Gasteiger partial charge on any atom is 0.224 e. The highest BCUT2D eigenvalue weighted by atomic mass is 16.2. The molecule has 0 spiro atoms. The Hall–Kier alpha value is -3.16. The minimum atomic E-state index is -0.104. The molecule has 3 aromatic heterocycles. The van der Waals surface area contributed by atoms with Crippen molar-refractivity contribution in [2.45, 2.75) is 52.5 Å². The summed E-state index contributed by atoms with van der Waals surface area (Å²) in [4.78, 5) is 30.9. The molecule has 0 saturated carbocycles. The smallest absolute Gasteiger partial charge is 0.224 e.